The molecule has 1 saturated heterocycles. The van der Waals surface area contributed by atoms with Crippen LogP contribution in [-0.2, 0) is 0 Å². The van der Waals surface area contributed by atoms with Gasteiger partial charge >= 0.3 is 0 Å². The van der Waals surface area contributed by atoms with Crippen LogP contribution in [0.5, 0.6) is 0 Å². The summed E-state index contributed by atoms with van der Waals surface area (Å²) in [6.45, 7) is 8.19. The zero-order chi connectivity index (χ0) is 12.4. The van der Waals surface area contributed by atoms with Crippen molar-refractivity contribution in [3.8, 4) is 0 Å². The molecule has 1 aromatic rings. The van der Waals surface area contributed by atoms with E-state index < -0.39 is 0 Å². The van der Waals surface area contributed by atoms with E-state index in [1.807, 2.05) is 10.3 Å². The highest BCUT2D eigenvalue weighted by Crippen LogP contribution is 2.22. The standard InChI is InChI=1S/C13H20N2OS/c1-9(2)12-14-11(8-17-12)13(16)15-6-4-5-10(3)7-15/h8-10H,4-7H2,1-3H3. The summed E-state index contributed by atoms with van der Waals surface area (Å²) >= 11 is 1.59. The zero-order valence-corrected chi connectivity index (χ0v) is 11.6. The Balaban J connectivity index is 2.07. The fourth-order valence-corrected chi connectivity index (χ4v) is 3.00. The lowest BCUT2D eigenvalue weighted by Crippen LogP contribution is -2.39. The summed E-state index contributed by atoms with van der Waals surface area (Å²) in [6, 6.07) is 0. The number of thiazole rings is 1. The number of piperidine rings is 1. The summed E-state index contributed by atoms with van der Waals surface area (Å²) in [5, 5.41) is 2.95. The molecule has 1 aromatic heterocycles. The largest absolute Gasteiger partial charge is 0.337 e. The van der Waals surface area contributed by atoms with Gasteiger partial charge in [0.15, 0.2) is 0 Å². The second-order valence-corrected chi connectivity index (χ2v) is 6.11. The number of hydrogen-bond donors (Lipinski definition) is 0. The van der Waals surface area contributed by atoms with Crippen LogP contribution in [0.15, 0.2) is 5.38 Å². The number of rotatable bonds is 2. The van der Waals surface area contributed by atoms with Gasteiger partial charge in [-0.05, 0) is 18.8 Å². The molecule has 94 valence electrons. The van der Waals surface area contributed by atoms with E-state index in [9.17, 15) is 4.79 Å². The first-order valence-corrected chi connectivity index (χ1v) is 7.20. The Hall–Kier alpha value is -0.900. The molecule has 4 heteroatoms. The molecule has 1 aliphatic rings. The molecular weight excluding hydrogens is 232 g/mol. The number of aromatic nitrogens is 1. The lowest BCUT2D eigenvalue weighted by Gasteiger charge is -2.30. The highest BCUT2D eigenvalue weighted by molar-refractivity contribution is 7.09. The number of carbonyl (C=O) groups excluding carboxylic acids is 1. The minimum Gasteiger partial charge on any atom is -0.337 e. The third-order valence-electron chi connectivity index (χ3n) is 3.18. The SMILES string of the molecule is CC1CCCN(C(=O)c2csc(C(C)C)n2)C1. The van der Waals surface area contributed by atoms with Crippen LogP contribution in [0.3, 0.4) is 0 Å². The molecule has 17 heavy (non-hydrogen) atoms. The monoisotopic (exact) mass is 252 g/mol. The van der Waals surface area contributed by atoms with Gasteiger partial charge in [0.2, 0.25) is 0 Å². The molecule has 0 N–H and O–H groups in total. The summed E-state index contributed by atoms with van der Waals surface area (Å²) in [4.78, 5) is 18.6. The molecule has 0 aromatic carbocycles. The average molecular weight is 252 g/mol. The maximum Gasteiger partial charge on any atom is 0.273 e. The van der Waals surface area contributed by atoms with Crippen molar-refractivity contribution in [1.29, 1.82) is 0 Å². The molecule has 0 aliphatic carbocycles. The molecule has 3 nitrogen and oxygen atoms in total. The maximum absolute atomic E-state index is 12.3. The Morgan fingerprint density at radius 2 is 2.35 bits per heavy atom. The lowest BCUT2D eigenvalue weighted by atomic mass is 10.0. The smallest absolute Gasteiger partial charge is 0.273 e. The molecule has 2 rings (SSSR count). The van der Waals surface area contributed by atoms with Crippen LogP contribution in [0.25, 0.3) is 0 Å². The van der Waals surface area contributed by atoms with Gasteiger partial charge in [-0.15, -0.1) is 11.3 Å². The molecule has 0 radical (unpaired) electrons. The Kier molecular flexibility index (Phi) is 3.82. The minimum absolute atomic E-state index is 0.111. The van der Waals surface area contributed by atoms with E-state index in [2.05, 4.69) is 25.8 Å². The van der Waals surface area contributed by atoms with E-state index in [1.165, 1.54) is 6.42 Å². The maximum atomic E-state index is 12.3. The van der Waals surface area contributed by atoms with E-state index >= 15 is 0 Å². The van der Waals surface area contributed by atoms with Crippen LogP contribution >= 0.6 is 11.3 Å². The average Bonchev–Trinajstić information content (AvgIpc) is 2.77. The van der Waals surface area contributed by atoms with Gasteiger partial charge < -0.3 is 4.90 Å². The van der Waals surface area contributed by atoms with Crippen molar-refractivity contribution in [1.82, 2.24) is 9.88 Å². The highest BCUT2D eigenvalue weighted by atomic mass is 32.1. The molecule has 2 heterocycles. The van der Waals surface area contributed by atoms with Crippen molar-refractivity contribution in [2.45, 2.75) is 39.5 Å². The number of carbonyl (C=O) groups is 1. The van der Waals surface area contributed by atoms with Crippen LogP contribution in [0.4, 0.5) is 0 Å². The van der Waals surface area contributed by atoms with Gasteiger partial charge in [-0.2, -0.15) is 0 Å². The topological polar surface area (TPSA) is 33.2 Å². The number of likely N-dealkylation sites (tertiary alicyclic amines) is 1. The summed E-state index contributed by atoms with van der Waals surface area (Å²) < 4.78 is 0. The zero-order valence-electron chi connectivity index (χ0n) is 10.8. The van der Waals surface area contributed by atoms with Crippen molar-refractivity contribution in [2.24, 2.45) is 5.92 Å². The Morgan fingerprint density at radius 1 is 1.59 bits per heavy atom. The van der Waals surface area contributed by atoms with Crippen molar-refractivity contribution in [3.63, 3.8) is 0 Å². The van der Waals surface area contributed by atoms with Crippen LogP contribution in [0.1, 0.15) is 55.0 Å². The van der Waals surface area contributed by atoms with Gasteiger partial charge in [0, 0.05) is 24.4 Å². The fourth-order valence-electron chi connectivity index (χ4n) is 2.19. The number of hydrogen-bond acceptors (Lipinski definition) is 3. The minimum atomic E-state index is 0.111. The quantitative estimate of drug-likeness (QED) is 0.810. The molecule has 1 atom stereocenters. The van der Waals surface area contributed by atoms with E-state index in [-0.39, 0.29) is 5.91 Å². The molecular formula is C13H20N2OS. The normalized spacial score (nSPS) is 20.9. The third kappa shape index (κ3) is 2.86. The van der Waals surface area contributed by atoms with Gasteiger partial charge in [0.05, 0.1) is 5.01 Å². The van der Waals surface area contributed by atoms with Crippen molar-refractivity contribution in [3.05, 3.63) is 16.1 Å². The second-order valence-electron chi connectivity index (χ2n) is 5.22. The van der Waals surface area contributed by atoms with E-state index in [0.717, 1.165) is 24.5 Å². The molecule has 1 amide bonds. The van der Waals surface area contributed by atoms with Gasteiger partial charge in [-0.1, -0.05) is 20.8 Å². The van der Waals surface area contributed by atoms with E-state index in [1.54, 1.807) is 11.3 Å². The summed E-state index contributed by atoms with van der Waals surface area (Å²) in [6.07, 6.45) is 2.35. The molecule has 0 saturated carbocycles. The first-order valence-electron chi connectivity index (χ1n) is 6.32. The van der Waals surface area contributed by atoms with E-state index in [0.29, 0.717) is 17.5 Å². The van der Waals surface area contributed by atoms with Crippen LogP contribution in [-0.4, -0.2) is 28.9 Å². The first-order chi connectivity index (χ1) is 8.08. The van der Waals surface area contributed by atoms with Crippen molar-refractivity contribution < 1.29 is 4.79 Å². The van der Waals surface area contributed by atoms with Crippen LogP contribution < -0.4 is 0 Å². The van der Waals surface area contributed by atoms with Crippen molar-refractivity contribution >= 4 is 17.2 Å². The van der Waals surface area contributed by atoms with Gasteiger partial charge in [-0.25, -0.2) is 4.98 Å². The first kappa shape index (κ1) is 12.6. The number of nitrogens with zero attached hydrogens (tertiary/aromatic N) is 2. The van der Waals surface area contributed by atoms with Crippen LogP contribution in [0, 0.1) is 5.92 Å². The van der Waals surface area contributed by atoms with Gasteiger partial charge in [-0.3, -0.25) is 4.79 Å². The Morgan fingerprint density at radius 3 is 2.94 bits per heavy atom. The van der Waals surface area contributed by atoms with E-state index in [4.69, 9.17) is 0 Å². The lowest BCUT2D eigenvalue weighted by molar-refractivity contribution is 0.0677. The van der Waals surface area contributed by atoms with Gasteiger partial charge in [0.25, 0.3) is 5.91 Å². The predicted octanol–water partition coefficient (Wildman–Crippen LogP) is 3.14. The summed E-state index contributed by atoms with van der Waals surface area (Å²) in [7, 11) is 0. The molecule has 0 spiro atoms. The predicted molar refractivity (Wildman–Crippen MR) is 70.5 cm³/mol. The Labute approximate surface area is 107 Å². The highest BCUT2D eigenvalue weighted by Gasteiger charge is 2.23. The molecule has 1 unspecified atom stereocenters. The second kappa shape index (κ2) is 5.17. The third-order valence-corrected chi connectivity index (χ3v) is 4.32. The van der Waals surface area contributed by atoms with Gasteiger partial charge in [0.1, 0.15) is 5.69 Å². The number of amides is 1. The summed E-state index contributed by atoms with van der Waals surface area (Å²) in [5.74, 6) is 1.14. The molecule has 0 bridgehead atoms. The molecule has 1 aliphatic heterocycles. The Bertz CT molecular complexity index is 400. The van der Waals surface area contributed by atoms with Crippen LogP contribution in [0.2, 0.25) is 0 Å². The molecule has 1 fully saturated rings. The fraction of sp³-hybridized carbons (Fsp3) is 0.692. The van der Waals surface area contributed by atoms with Crippen molar-refractivity contribution in [2.75, 3.05) is 13.1 Å². The summed E-state index contributed by atoms with van der Waals surface area (Å²) in [5.41, 5.74) is 0.632.